The predicted octanol–water partition coefficient (Wildman–Crippen LogP) is 2.45. The fourth-order valence-corrected chi connectivity index (χ4v) is 3.02. The molecule has 25 heavy (non-hydrogen) atoms. The minimum absolute atomic E-state index is 0.0849. The summed E-state index contributed by atoms with van der Waals surface area (Å²) < 4.78 is 5.30. The lowest BCUT2D eigenvalue weighted by Crippen LogP contribution is -2.49. The fraction of sp³-hybridized carbons (Fsp3) is 0.500. The number of ether oxygens (including phenoxy) is 1. The van der Waals surface area contributed by atoms with E-state index in [1.807, 2.05) is 18.2 Å². The van der Waals surface area contributed by atoms with Gasteiger partial charge in [0.05, 0.1) is 0 Å². The second kappa shape index (κ2) is 10.7. The molecule has 0 aliphatic heterocycles. The molecule has 136 valence electrons. The van der Waals surface area contributed by atoms with Crippen LogP contribution < -0.4 is 20.9 Å². The van der Waals surface area contributed by atoms with Crippen molar-refractivity contribution >= 4 is 29.1 Å². The summed E-state index contributed by atoms with van der Waals surface area (Å²) in [5.41, 5.74) is 4.90. The Morgan fingerprint density at radius 1 is 1.04 bits per heavy atom. The van der Waals surface area contributed by atoms with Gasteiger partial charge in [-0.3, -0.25) is 20.4 Å². The van der Waals surface area contributed by atoms with Crippen molar-refractivity contribution in [3.63, 3.8) is 0 Å². The van der Waals surface area contributed by atoms with Gasteiger partial charge in [-0.1, -0.05) is 50.3 Å². The zero-order chi connectivity index (χ0) is 17.9. The third-order valence-corrected chi connectivity index (χ3v) is 4.39. The number of nitrogens with one attached hydrogen (secondary N) is 3. The minimum atomic E-state index is -0.386. The lowest BCUT2D eigenvalue weighted by molar-refractivity contribution is -0.124. The highest BCUT2D eigenvalue weighted by molar-refractivity contribution is 7.80. The Labute approximate surface area is 153 Å². The van der Waals surface area contributed by atoms with Gasteiger partial charge in [0.25, 0.3) is 5.91 Å². The molecular formula is C18H25N3O3S. The third-order valence-electron chi connectivity index (χ3n) is 4.19. The molecule has 0 spiro atoms. The predicted molar refractivity (Wildman–Crippen MR) is 99.8 cm³/mol. The average molecular weight is 363 g/mol. The lowest BCUT2D eigenvalue weighted by atomic mass is 9.86. The van der Waals surface area contributed by atoms with E-state index in [1.54, 1.807) is 12.1 Å². The van der Waals surface area contributed by atoms with E-state index in [0.29, 0.717) is 18.1 Å². The summed E-state index contributed by atoms with van der Waals surface area (Å²) in [7, 11) is 0. The van der Waals surface area contributed by atoms with E-state index in [4.69, 9.17) is 17.0 Å². The molecule has 0 unspecified atom stereocenters. The quantitative estimate of drug-likeness (QED) is 0.534. The summed E-state index contributed by atoms with van der Waals surface area (Å²) in [6.07, 6.45) is 7.63. The van der Waals surface area contributed by atoms with E-state index in [1.165, 1.54) is 32.1 Å². The first-order chi connectivity index (χ1) is 12.1. The van der Waals surface area contributed by atoms with Gasteiger partial charge >= 0.3 is 0 Å². The number of hydrogen-bond donors (Lipinski definition) is 3. The maximum atomic E-state index is 11.9. The highest BCUT2D eigenvalue weighted by atomic mass is 32.1. The van der Waals surface area contributed by atoms with E-state index in [9.17, 15) is 9.59 Å². The Morgan fingerprint density at radius 3 is 2.48 bits per heavy atom. The van der Waals surface area contributed by atoms with Gasteiger partial charge in [-0.25, -0.2) is 0 Å². The van der Waals surface area contributed by atoms with Crippen LogP contribution in [0.4, 0.5) is 0 Å². The zero-order valence-electron chi connectivity index (χ0n) is 14.3. The highest BCUT2D eigenvalue weighted by Crippen LogP contribution is 2.27. The molecule has 0 atom stereocenters. The van der Waals surface area contributed by atoms with Crippen molar-refractivity contribution in [2.75, 3.05) is 6.61 Å². The Morgan fingerprint density at radius 2 is 1.76 bits per heavy atom. The standard InChI is InChI=1S/C18H25N3O3S/c22-16(12-11-14-7-3-1-4-8-14)19-18(25)21-20-17(23)13-24-15-9-5-2-6-10-15/h2,5-6,9-10,14H,1,3-4,7-8,11-13H2,(H,20,23)(H2,19,21,22,25). The molecule has 0 aromatic heterocycles. The number of carbonyl (C=O) groups is 2. The van der Waals surface area contributed by atoms with Crippen LogP contribution in [-0.2, 0) is 9.59 Å². The van der Waals surface area contributed by atoms with Crippen LogP contribution in [0.25, 0.3) is 0 Å². The van der Waals surface area contributed by atoms with E-state index in [0.717, 1.165) is 6.42 Å². The Bertz CT molecular complexity index is 574. The molecule has 7 heteroatoms. The topological polar surface area (TPSA) is 79.5 Å². The van der Waals surface area contributed by atoms with Gasteiger partial charge in [-0.2, -0.15) is 0 Å². The molecule has 0 bridgehead atoms. The van der Waals surface area contributed by atoms with Crippen LogP contribution in [0.15, 0.2) is 30.3 Å². The summed E-state index contributed by atoms with van der Waals surface area (Å²) in [6, 6.07) is 9.03. The summed E-state index contributed by atoms with van der Waals surface area (Å²) >= 11 is 5.00. The molecule has 1 saturated carbocycles. The van der Waals surface area contributed by atoms with E-state index >= 15 is 0 Å². The van der Waals surface area contributed by atoms with E-state index in [-0.39, 0.29) is 23.5 Å². The third kappa shape index (κ3) is 7.98. The monoisotopic (exact) mass is 363 g/mol. The largest absolute Gasteiger partial charge is 0.484 e. The molecule has 3 N–H and O–H groups in total. The first-order valence-electron chi connectivity index (χ1n) is 8.70. The molecule has 1 aromatic carbocycles. The molecular weight excluding hydrogens is 338 g/mol. The lowest BCUT2D eigenvalue weighted by Gasteiger charge is -2.21. The van der Waals surface area contributed by atoms with Crippen LogP contribution in [0.3, 0.4) is 0 Å². The molecule has 1 fully saturated rings. The average Bonchev–Trinajstić information content (AvgIpc) is 2.65. The number of hydrogen-bond acceptors (Lipinski definition) is 4. The van der Waals surface area contributed by atoms with Crippen molar-refractivity contribution in [2.45, 2.75) is 44.9 Å². The molecule has 1 aliphatic carbocycles. The molecule has 1 aromatic rings. The van der Waals surface area contributed by atoms with E-state index < -0.39 is 0 Å². The van der Waals surface area contributed by atoms with Crippen LogP contribution in [0.1, 0.15) is 44.9 Å². The van der Waals surface area contributed by atoms with Crippen molar-refractivity contribution in [3.8, 4) is 5.75 Å². The van der Waals surface area contributed by atoms with Gasteiger partial charge in [0.15, 0.2) is 11.7 Å². The second-order valence-electron chi connectivity index (χ2n) is 6.19. The Kier molecular flexibility index (Phi) is 8.18. The normalized spacial score (nSPS) is 14.4. The number of benzene rings is 1. The Hall–Kier alpha value is -2.15. The van der Waals surface area contributed by atoms with E-state index in [2.05, 4.69) is 16.2 Å². The second-order valence-corrected chi connectivity index (χ2v) is 6.60. The Balaban J connectivity index is 1.56. The molecule has 2 amide bonds. The first-order valence-corrected chi connectivity index (χ1v) is 9.11. The number of rotatable bonds is 6. The van der Waals surface area contributed by atoms with Gasteiger partial charge < -0.3 is 10.1 Å². The molecule has 1 aliphatic rings. The van der Waals surface area contributed by atoms with Crippen molar-refractivity contribution in [1.29, 1.82) is 0 Å². The van der Waals surface area contributed by atoms with Crippen LogP contribution in [0, 0.1) is 5.92 Å². The molecule has 2 rings (SSSR count). The van der Waals surface area contributed by atoms with Crippen molar-refractivity contribution in [1.82, 2.24) is 16.2 Å². The summed E-state index contributed by atoms with van der Waals surface area (Å²) in [4.78, 5) is 23.5. The number of thiocarbonyl (C=S) groups is 1. The maximum absolute atomic E-state index is 11.9. The zero-order valence-corrected chi connectivity index (χ0v) is 15.1. The smallest absolute Gasteiger partial charge is 0.276 e. The molecule has 0 heterocycles. The van der Waals surface area contributed by atoms with Gasteiger partial charge in [-0.15, -0.1) is 0 Å². The number of amides is 2. The first kappa shape index (κ1) is 19.2. The van der Waals surface area contributed by atoms with Crippen molar-refractivity contribution < 1.29 is 14.3 Å². The number of para-hydroxylation sites is 1. The summed E-state index contributed by atoms with van der Waals surface area (Å²) in [5.74, 6) is 0.743. The molecule has 6 nitrogen and oxygen atoms in total. The van der Waals surface area contributed by atoms with Crippen molar-refractivity contribution in [2.24, 2.45) is 5.92 Å². The number of carbonyl (C=O) groups excluding carboxylic acids is 2. The maximum Gasteiger partial charge on any atom is 0.276 e. The van der Waals surface area contributed by atoms with Gasteiger partial charge in [0.2, 0.25) is 5.91 Å². The summed E-state index contributed by atoms with van der Waals surface area (Å²) in [5, 5.41) is 2.66. The van der Waals surface area contributed by atoms with Gasteiger partial charge in [0.1, 0.15) is 5.75 Å². The van der Waals surface area contributed by atoms with Crippen LogP contribution in [0.5, 0.6) is 5.75 Å². The van der Waals surface area contributed by atoms with Gasteiger partial charge in [-0.05, 0) is 36.7 Å². The van der Waals surface area contributed by atoms with Crippen molar-refractivity contribution in [3.05, 3.63) is 30.3 Å². The minimum Gasteiger partial charge on any atom is -0.484 e. The van der Waals surface area contributed by atoms with Crippen LogP contribution in [0.2, 0.25) is 0 Å². The van der Waals surface area contributed by atoms with Gasteiger partial charge in [0, 0.05) is 6.42 Å². The molecule has 0 radical (unpaired) electrons. The highest BCUT2D eigenvalue weighted by Gasteiger charge is 2.15. The van der Waals surface area contributed by atoms with Crippen LogP contribution >= 0.6 is 12.2 Å². The summed E-state index contributed by atoms with van der Waals surface area (Å²) in [6.45, 7) is -0.144. The SMILES string of the molecule is O=C(COc1ccccc1)NNC(=S)NC(=O)CCC1CCCCC1. The molecule has 0 saturated heterocycles. The fourth-order valence-electron chi connectivity index (χ4n) is 2.86. The van der Waals surface area contributed by atoms with Crippen LogP contribution in [-0.4, -0.2) is 23.5 Å². The number of hydrazine groups is 1.